The highest BCUT2D eigenvalue weighted by Crippen LogP contribution is 2.06. The summed E-state index contributed by atoms with van der Waals surface area (Å²) in [5.41, 5.74) is 1.34. The Morgan fingerprint density at radius 1 is 1.33 bits per heavy atom. The monoisotopic (exact) mass is 212 g/mol. The number of nitrogens with one attached hydrogen (secondary N) is 1. The predicted octanol–water partition coefficient (Wildman–Crippen LogP) is -0.447. The van der Waals surface area contributed by atoms with Crippen molar-refractivity contribution >= 4 is 5.69 Å². The molecular formula is C10H16N2O3. The van der Waals surface area contributed by atoms with E-state index in [0.717, 1.165) is 5.69 Å². The molecule has 0 unspecified atom stereocenters. The van der Waals surface area contributed by atoms with E-state index in [-0.39, 0.29) is 18.8 Å². The largest absolute Gasteiger partial charge is 0.395 e. The maximum absolute atomic E-state index is 11.6. The third-order valence-electron chi connectivity index (χ3n) is 2.10. The second-order valence-electron chi connectivity index (χ2n) is 3.25. The van der Waals surface area contributed by atoms with Gasteiger partial charge >= 0.3 is 0 Å². The minimum absolute atomic E-state index is 0.0266. The number of aliphatic hydroxyl groups excluding tert-OH is 2. The molecule has 1 heterocycles. The van der Waals surface area contributed by atoms with Gasteiger partial charge in [-0.25, -0.2) is 0 Å². The van der Waals surface area contributed by atoms with E-state index in [4.69, 9.17) is 10.2 Å². The summed E-state index contributed by atoms with van der Waals surface area (Å²) in [5, 5.41) is 20.3. The lowest BCUT2D eigenvalue weighted by atomic mass is 10.3. The molecule has 0 radical (unpaired) electrons. The minimum Gasteiger partial charge on any atom is -0.395 e. The first kappa shape index (κ1) is 11.7. The number of anilines is 1. The van der Waals surface area contributed by atoms with Gasteiger partial charge in [0.25, 0.3) is 5.56 Å². The van der Waals surface area contributed by atoms with Gasteiger partial charge in [0.1, 0.15) is 0 Å². The van der Waals surface area contributed by atoms with Crippen LogP contribution in [0.15, 0.2) is 16.9 Å². The number of hydrogen-bond acceptors (Lipinski definition) is 4. The maximum Gasteiger partial charge on any atom is 0.252 e. The molecule has 0 aromatic carbocycles. The van der Waals surface area contributed by atoms with Gasteiger partial charge in [0.2, 0.25) is 0 Å². The van der Waals surface area contributed by atoms with Crippen molar-refractivity contribution in [2.45, 2.75) is 13.5 Å². The fraction of sp³-hybridized carbons (Fsp3) is 0.500. The van der Waals surface area contributed by atoms with Crippen LogP contribution in [0.4, 0.5) is 5.69 Å². The van der Waals surface area contributed by atoms with E-state index >= 15 is 0 Å². The molecule has 0 aliphatic carbocycles. The van der Waals surface area contributed by atoms with E-state index < -0.39 is 0 Å². The molecule has 0 aliphatic rings. The average Bonchev–Trinajstić information content (AvgIpc) is 2.20. The number of rotatable bonds is 5. The van der Waals surface area contributed by atoms with Crippen molar-refractivity contribution in [3.63, 3.8) is 0 Å². The predicted molar refractivity (Wildman–Crippen MR) is 58.1 cm³/mol. The highest BCUT2D eigenvalue weighted by atomic mass is 16.3. The van der Waals surface area contributed by atoms with Gasteiger partial charge in [-0.3, -0.25) is 4.79 Å². The first-order valence-corrected chi connectivity index (χ1v) is 4.86. The Bertz CT molecular complexity index is 373. The van der Waals surface area contributed by atoms with Gasteiger partial charge in [0, 0.05) is 30.5 Å². The smallest absolute Gasteiger partial charge is 0.252 e. The van der Waals surface area contributed by atoms with Gasteiger partial charge in [-0.15, -0.1) is 0 Å². The summed E-state index contributed by atoms with van der Waals surface area (Å²) in [6.45, 7) is 2.51. The lowest BCUT2D eigenvalue weighted by molar-refractivity contribution is 0.273. The van der Waals surface area contributed by atoms with Crippen molar-refractivity contribution in [3.8, 4) is 0 Å². The molecule has 0 saturated carbocycles. The maximum atomic E-state index is 11.6. The Labute approximate surface area is 88.0 Å². The van der Waals surface area contributed by atoms with Crippen molar-refractivity contribution in [1.29, 1.82) is 0 Å². The van der Waals surface area contributed by atoms with Crippen LogP contribution in [-0.4, -0.2) is 34.5 Å². The number of aryl methyl sites for hydroxylation is 1. The second-order valence-corrected chi connectivity index (χ2v) is 3.25. The highest BCUT2D eigenvalue weighted by Gasteiger charge is 2.02. The lowest BCUT2D eigenvalue weighted by Gasteiger charge is -2.11. The molecule has 5 heteroatoms. The fourth-order valence-electron chi connectivity index (χ4n) is 1.42. The van der Waals surface area contributed by atoms with Gasteiger partial charge in [-0.1, -0.05) is 0 Å². The molecule has 0 bridgehead atoms. The molecule has 0 fully saturated rings. The summed E-state index contributed by atoms with van der Waals surface area (Å²) in [4.78, 5) is 11.6. The summed E-state index contributed by atoms with van der Waals surface area (Å²) in [5.74, 6) is 0. The van der Waals surface area contributed by atoms with E-state index in [1.807, 2.05) is 6.07 Å². The van der Waals surface area contributed by atoms with Crippen LogP contribution in [0, 0.1) is 6.92 Å². The van der Waals surface area contributed by atoms with E-state index in [1.54, 1.807) is 6.92 Å². The van der Waals surface area contributed by atoms with E-state index in [9.17, 15) is 4.79 Å². The Morgan fingerprint density at radius 3 is 2.60 bits per heavy atom. The topological polar surface area (TPSA) is 74.5 Å². The Balaban J connectivity index is 2.92. The third kappa shape index (κ3) is 3.07. The van der Waals surface area contributed by atoms with E-state index in [0.29, 0.717) is 18.8 Å². The molecule has 1 rings (SSSR count). The van der Waals surface area contributed by atoms with Crippen molar-refractivity contribution < 1.29 is 10.2 Å². The molecule has 5 nitrogen and oxygen atoms in total. The number of aliphatic hydroxyl groups is 2. The van der Waals surface area contributed by atoms with Crippen LogP contribution in [-0.2, 0) is 6.54 Å². The van der Waals surface area contributed by atoms with Crippen molar-refractivity contribution in [1.82, 2.24) is 4.57 Å². The minimum atomic E-state index is -0.149. The van der Waals surface area contributed by atoms with Crippen LogP contribution < -0.4 is 10.9 Å². The number of aromatic nitrogens is 1. The number of pyridine rings is 1. The standard InChI is InChI=1S/C10H16N2O3/c1-8-6-9(11-2-4-13)7-10(15)12(8)3-5-14/h6-7,11,13-14H,2-5H2,1H3. The molecule has 1 aromatic heterocycles. The number of nitrogens with zero attached hydrogens (tertiary/aromatic N) is 1. The van der Waals surface area contributed by atoms with Crippen molar-refractivity contribution in [3.05, 3.63) is 28.2 Å². The molecule has 0 saturated heterocycles. The normalized spacial score (nSPS) is 10.3. The molecule has 0 amide bonds. The summed E-state index contributed by atoms with van der Waals surface area (Å²) < 4.78 is 1.50. The molecular weight excluding hydrogens is 196 g/mol. The first-order valence-electron chi connectivity index (χ1n) is 4.86. The zero-order chi connectivity index (χ0) is 11.3. The SMILES string of the molecule is Cc1cc(NCCO)cc(=O)n1CCO. The van der Waals surface area contributed by atoms with Gasteiger partial charge in [0.15, 0.2) is 0 Å². The van der Waals surface area contributed by atoms with Gasteiger partial charge in [0.05, 0.1) is 13.2 Å². The van der Waals surface area contributed by atoms with Gasteiger partial charge in [-0.2, -0.15) is 0 Å². The van der Waals surface area contributed by atoms with E-state index in [2.05, 4.69) is 5.32 Å². The highest BCUT2D eigenvalue weighted by molar-refractivity contribution is 5.43. The molecule has 15 heavy (non-hydrogen) atoms. The van der Waals surface area contributed by atoms with Gasteiger partial charge < -0.3 is 20.1 Å². The Morgan fingerprint density at radius 2 is 2.07 bits per heavy atom. The summed E-state index contributed by atoms with van der Waals surface area (Å²) in [6, 6.07) is 3.27. The summed E-state index contributed by atoms with van der Waals surface area (Å²) >= 11 is 0. The fourth-order valence-corrected chi connectivity index (χ4v) is 1.42. The zero-order valence-electron chi connectivity index (χ0n) is 8.73. The third-order valence-corrected chi connectivity index (χ3v) is 2.10. The van der Waals surface area contributed by atoms with Crippen LogP contribution in [0.5, 0.6) is 0 Å². The van der Waals surface area contributed by atoms with Crippen LogP contribution in [0.2, 0.25) is 0 Å². The van der Waals surface area contributed by atoms with Crippen LogP contribution in [0.25, 0.3) is 0 Å². The van der Waals surface area contributed by atoms with Crippen LogP contribution in [0.1, 0.15) is 5.69 Å². The van der Waals surface area contributed by atoms with Crippen molar-refractivity contribution in [2.24, 2.45) is 0 Å². The van der Waals surface area contributed by atoms with Crippen LogP contribution in [0.3, 0.4) is 0 Å². The van der Waals surface area contributed by atoms with Crippen LogP contribution >= 0.6 is 0 Å². The molecule has 0 atom stereocenters. The molecule has 1 aromatic rings. The average molecular weight is 212 g/mol. The zero-order valence-corrected chi connectivity index (χ0v) is 8.73. The van der Waals surface area contributed by atoms with Gasteiger partial charge in [-0.05, 0) is 13.0 Å². The second kappa shape index (κ2) is 5.53. The molecule has 0 aliphatic heterocycles. The summed E-state index contributed by atoms with van der Waals surface area (Å²) in [6.07, 6.45) is 0. The molecule has 0 spiro atoms. The quantitative estimate of drug-likeness (QED) is 0.618. The Kier molecular flexibility index (Phi) is 4.33. The lowest BCUT2D eigenvalue weighted by Crippen LogP contribution is -2.24. The van der Waals surface area contributed by atoms with E-state index in [1.165, 1.54) is 10.6 Å². The first-order chi connectivity index (χ1) is 7.19. The number of hydrogen-bond donors (Lipinski definition) is 3. The molecule has 3 N–H and O–H groups in total. The Hall–Kier alpha value is -1.33. The molecule has 84 valence electrons. The summed E-state index contributed by atoms with van der Waals surface area (Å²) in [7, 11) is 0. The van der Waals surface area contributed by atoms with Crippen molar-refractivity contribution in [2.75, 3.05) is 25.1 Å².